The Morgan fingerprint density at radius 3 is 2.46 bits per heavy atom. The van der Waals surface area contributed by atoms with Gasteiger partial charge in [0.15, 0.2) is 5.79 Å². The van der Waals surface area contributed by atoms with E-state index in [1.54, 1.807) is 0 Å². The highest BCUT2D eigenvalue weighted by Crippen LogP contribution is 2.38. The normalized spacial score (nSPS) is 31.3. The lowest BCUT2D eigenvalue weighted by Gasteiger charge is -2.31. The van der Waals surface area contributed by atoms with Crippen molar-refractivity contribution < 1.29 is 37.3 Å². The van der Waals surface area contributed by atoms with Gasteiger partial charge in [0.2, 0.25) is 0 Å². The lowest BCUT2D eigenvalue weighted by molar-refractivity contribution is -0.188. The lowest BCUT2D eigenvalue weighted by Crippen LogP contribution is -2.43. The summed E-state index contributed by atoms with van der Waals surface area (Å²) in [6.45, 7) is -0.676. The molecule has 2 N–H and O–H groups in total. The molecule has 2 saturated heterocycles. The first-order chi connectivity index (χ1) is 12.2. The predicted octanol–water partition coefficient (Wildman–Crippen LogP) is 1.97. The highest BCUT2D eigenvalue weighted by Gasteiger charge is 2.53. The van der Waals surface area contributed by atoms with E-state index in [2.05, 4.69) is 5.32 Å². The van der Waals surface area contributed by atoms with Gasteiger partial charge in [0.25, 0.3) is 0 Å². The number of ether oxygens (including phenoxy) is 2. The number of aliphatic carboxylic acids is 1. The van der Waals surface area contributed by atoms with Crippen LogP contribution in [0.25, 0.3) is 0 Å². The summed E-state index contributed by atoms with van der Waals surface area (Å²) in [6, 6.07) is -0.712. The van der Waals surface area contributed by atoms with Crippen molar-refractivity contribution in [3.63, 3.8) is 0 Å². The van der Waals surface area contributed by atoms with E-state index in [1.165, 1.54) is 0 Å². The summed E-state index contributed by atoms with van der Waals surface area (Å²) in [6.07, 6.45) is -0.240. The fraction of sp³-hybridized carbons (Fsp3) is 0.875. The molecule has 2 heterocycles. The van der Waals surface area contributed by atoms with E-state index >= 15 is 0 Å². The second-order valence-electron chi connectivity index (χ2n) is 7.21. The van der Waals surface area contributed by atoms with Crippen LogP contribution in [0.5, 0.6) is 0 Å². The second kappa shape index (κ2) is 7.22. The maximum atomic E-state index is 13.0. The molecule has 3 fully saturated rings. The number of nitrogens with zero attached hydrogens (tertiary/aromatic N) is 1. The van der Waals surface area contributed by atoms with Crippen LogP contribution >= 0.6 is 0 Å². The van der Waals surface area contributed by atoms with Gasteiger partial charge in [0.1, 0.15) is 6.10 Å². The van der Waals surface area contributed by atoms with E-state index in [1.807, 2.05) is 0 Å². The SMILES string of the molecule is O=C(O)[C@@H]1CN(C(=O)NCC2COC3(CCCCC3)O2)C[C@H]1C(F)(F)F. The molecule has 2 aliphatic heterocycles. The average molecular weight is 380 g/mol. The lowest BCUT2D eigenvalue weighted by atomic mass is 9.94. The first-order valence-electron chi connectivity index (χ1n) is 8.84. The van der Waals surface area contributed by atoms with Crippen LogP contribution in [-0.4, -0.2) is 66.3 Å². The van der Waals surface area contributed by atoms with Crippen LogP contribution in [0.4, 0.5) is 18.0 Å². The highest BCUT2D eigenvalue weighted by atomic mass is 19.4. The van der Waals surface area contributed by atoms with Gasteiger partial charge in [0.05, 0.1) is 18.4 Å². The molecule has 0 aromatic rings. The molecule has 1 unspecified atom stereocenters. The molecule has 2 amide bonds. The van der Waals surface area contributed by atoms with Gasteiger partial charge in [0, 0.05) is 32.5 Å². The number of likely N-dealkylation sites (tertiary alicyclic amines) is 1. The molecule has 0 aromatic heterocycles. The van der Waals surface area contributed by atoms with Crippen LogP contribution < -0.4 is 5.32 Å². The van der Waals surface area contributed by atoms with E-state index in [9.17, 15) is 22.8 Å². The zero-order valence-electron chi connectivity index (χ0n) is 14.3. The third-order valence-corrected chi connectivity index (χ3v) is 5.35. The van der Waals surface area contributed by atoms with Gasteiger partial charge in [-0.15, -0.1) is 0 Å². The molecule has 1 saturated carbocycles. The molecule has 148 valence electrons. The van der Waals surface area contributed by atoms with Crippen LogP contribution in [0, 0.1) is 11.8 Å². The summed E-state index contributed by atoms with van der Waals surface area (Å²) in [5.74, 6) is -5.83. The van der Waals surface area contributed by atoms with Crippen molar-refractivity contribution in [1.82, 2.24) is 10.2 Å². The average Bonchev–Trinajstić information content (AvgIpc) is 3.18. The van der Waals surface area contributed by atoms with Gasteiger partial charge in [-0.2, -0.15) is 13.2 Å². The first kappa shape index (κ1) is 19.2. The minimum Gasteiger partial charge on any atom is -0.481 e. The van der Waals surface area contributed by atoms with Crippen molar-refractivity contribution in [3.8, 4) is 0 Å². The van der Waals surface area contributed by atoms with Crippen LogP contribution in [0.3, 0.4) is 0 Å². The van der Waals surface area contributed by atoms with Crippen molar-refractivity contribution in [2.45, 2.75) is 50.2 Å². The molecule has 0 aromatic carbocycles. The second-order valence-corrected chi connectivity index (χ2v) is 7.21. The molecule has 10 heteroatoms. The summed E-state index contributed by atoms with van der Waals surface area (Å²) < 4.78 is 50.6. The van der Waals surface area contributed by atoms with Gasteiger partial charge in [-0.05, 0) is 12.8 Å². The molecule has 3 rings (SSSR count). The van der Waals surface area contributed by atoms with E-state index in [-0.39, 0.29) is 12.6 Å². The number of urea groups is 1. The van der Waals surface area contributed by atoms with E-state index in [0.717, 1.165) is 37.0 Å². The largest absolute Gasteiger partial charge is 0.481 e. The van der Waals surface area contributed by atoms with Gasteiger partial charge >= 0.3 is 18.2 Å². The predicted molar refractivity (Wildman–Crippen MR) is 82.3 cm³/mol. The zero-order valence-corrected chi connectivity index (χ0v) is 14.3. The molecule has 1 spiro atoms. The third kappa shape index (κ3) is 4.06. The molecule has 7 nitrogen and oxygen atoms in total. The summed E-state index contributed by atoms with van der Waals surface area (Å²) in [4.78, 5) is 24.1. The number of amides is 2. The van der Waals surface area contributed by atoms with E-state index in [0.29, 0.717) is 6.61 Å². The van der Waals surface area contributed by atoms with Gasteiger partial charge in [-0.3, -0.25) is 4.79 Å². The Bertz CT molecular complexity index is 550. The molecular weight excluding hydrogens is 357 g/mol. The van der Waals surface area contributed by atoms with Crippen molar-refractivity contribution >= 4 is 12.0 Å². The van der Waals surface area contributed by atoms with Crippen LogP contribution in [0.2, 0.25) is 0 Å². The van der Waals surface area contributed by atoms with Crippen molar-refractivity contribution in [3.05, 3.63) is 0 Å². The van der Waals surface area contributed by atoms with Gasteiger partial charge in [-0.1, -0.05) is 6.42 Å². The Labute approximate surface area is 148 Å². The van der Waals surface area contributed by atoms with E-state index < -0.39 is 48.9 Å². The number of alkyl halides is 3. The van der Waals surface area contributed by atoms with Crippen LogP contribution in [0.1, 0.15) is 32.1 Å². The maximum absolute atomic E-state index is 13.0. The number of carboxylic acid groups (broad SMARTS) is 1. The quantitative estimate of drug-likeness (QED) is 0.782. The minimum absolute atomic E-state index is 0.117. The monoisotopic (exact) mass is 380 g/mol. The first-order valence-corrected chi connectivity index (χ1v) is 8.84. The number of halogens is 3. The Hall–Kier alpha value is -1.55. The Balaban J connectivity index is 1.50. The molecular formula is C16H23F3N2O5. The van der Waals surface area contributed by atoms with Crippen molar-refractivity contribution in [2.24, 2.45) is 11.8 Å². The third-order valence-electron chi connectivity index (χ3n) is 5.35. The Morgan fingerprint density at radius 2 is 1.88 bits per heavy atom. The Morgan fingerprint density at radius 1 is 1.19 bits per heavy atom. The van der Waals surface area contributed by atoms with Crippen LogP contribution in [0.15, 0.2) is 0 Å². The summed E-state index contributed by atoms with van der Waals surface area (Å²) in [7, 11) is 0. The zero-order chi connectivity index (χ0) is 18.9. The number of carboxylic acids is 1. The fourth-order valence-electron chi connectivity index (χ4n) is 3.93. The number of rotatable bonds is 3. The molecule has 26 heavy (non-hydrogen) atoms. The number of carbonyl (C=O) groups excluding carboxylic acids is 1. The summed E-state index contributed by atoms with van der Waals surface area (Å²) in [5, 5.41) is 11.5. The highest BCUT2D eigenvalue weighted by molar-refractivity contribution is 5.77. The van der Waals surface area contributed by atoms with Crippen molar-refractivity contribution in [1.29, 1.82) is 0 Å². The number of nitrogens with one attached hydrogen (secondary N) is 1. The summed E-state index contributed by atoms with van der Waals surface area (Å²) in [5.41, 5.74) is 0. The van der Waals surface area contributed by atoms with Gasteiger partial charge < -0.3 is 24.8 Å². The maximum Gasteiger partial charge on any atom is 0.394 e. The molecule has 0 radical (unpaired) electrons. The molecule has 1 aliphatic carbocycles. The number of carbonyl (C=O) groups is 2. The smallest absolute Gasteiger partial charge is 0.394 e. The number of hydrogen-bond acceptors (Lipinski definition) is 4. The fourth-order valence-corrected chi connectivity index (χ4v) is 3.93. The number of hydrogen-bond donors (Lipinski definition) is 2. The topological polar surface area (TPSA) is 88.1 Å². The standard InChI is InChI=1S/C16H23F3N2O5/c17-16(18,19)12-8-21(7-11(12)13(22)23)14(24)20-6-10-9-25-15(26-10)4-2-1-3-5-15/h10-12H,1-9H2,(H,20,24)(H,22,23)/t10?,11-,12-/m1/s1. The Kier molecular flexibility index (Phi) is 5.34. The molecule has 0 bridgehead atoms. The van der Waals surface area contributed by atoms with Crippen LogP contribution in [-0.2, 0) is 14.3 Å². The van der Waals surface area contributed by atoms with E-state index in [4.69, 9.17) is 14.6 Å². The summed E-state index contributed by atoms with van der Waals surface area (Å²) >= 11 is 0. The molecule has 3 aliphatic rings. The van der Waals surface area contributed by atoms with Crippen molar-refractivity contribution in [2.75, 3.05) is 26.2 Å². The minimum atomic E-state index is -4.66. The molecule has 3 atom stereocenters. The van der Waals surface area contributed by atoms with Gasteiger partial charge in [-0.25, -0.2) is 4.79 Å².